The maximum Gasteiger partial charge on any atom is 0.333 e. The Morgan fingerprint density at radius 3 is 2.25 bits per heavy atom. The van der Waals surface area contributed by atoms with Gasteiger partial charge in [0.25, 0.3) is 0 Å². The van der Waals surface area contributed by atoms with Crippen molar-refractivity contribution in [3.8, 4) is 0 Å². The van der Waals surface area contributed by atoms with Gasteiger partial charge < -0.3 is 30.3 Å². The summed E-state index contributed by atoms with van der Waals surface area (Å²) >= 11 is 1.48. The van der Waals surface area contributed by atoms with Gasteiger partial charge in [-0.15, -0.1) is 11.8 Å². The summed E-state index contributed by atoms with van der Waals surface area (Å²) in [4.78, 5) is 65.9. The van der Waals surface area contributed by atoms with Gasteiger partial charge in [0.1, 0.15) is 28.9 Å². The van der Waals surface area contributed by atoms with Gasteiger partial charge in [-0.25, -0.2) is 18.0 Å². The summed E-state index contributed by atoms with van der Waals surface area (Å²) in [5, 5.41) is 0.806. The van der Waals surface area contributed by atoms with Crippen LogP contribution in [-0.2, 0) is 43.3 Å². The number of carbonyl (C=O) groups excluding carboxylic acids is 5. The molecule has 0 radical (unpaired) electrons. The van der Waals surface area contributed by atoms with E-state index in [1.54, 1.807) is 30.3 Å². The molecular weight excluding hydrogens is 564 g/mol. The Balaban J connectivity index is 1.24. The number of hydrogen-bond donors (Lipinski definition) is 2. The molecule has 4 aliphatic rings. The summed E-state index contributed by atoms with van der Waals surface area (Å²) in [6.45, 7) is 5.37. The minimum atomic E-state index is -4.17. The Labute approximate surface area is 235 Å². The Morgan fingerprint density at radius 2 is 1.65 bits per heavy atom. The third-order valence-corrected chi connectivity index (χ3v) is 12.3. The van der Waals surface area contributed by atoms with Crippen LogP contribution in [0.25, 0.3) is 0 Å². The molecule has 4 fully saturated rings. The first-order chi connectivity index (χ1) is 18.6. The molecule has 15 heteroatoms. The molecule has 0 saturated carbocycles. The predicted molar refractivity (Wildman–Crippen MR) is 140 cm³/mol. The molecule has 4 saturated heterocycles. The van der Waals surface area contributed by atoms with E-state index >= 15 is 0 Å². The van der Waals surface area contributed by atoms with Crippen LogP contribution in [0.3, 0.4) is 0 Å². The van der Waals surface area contributed by atoms with Crippen LogP contribution in [-0.4, -0.2) is 93.0 Å². The quantitative estimate of drug-likeness (QED) is 0.234. The highest BCUT2D eigenvalue weighted by atomic mass is 32.2. The molecule has 6 atom stereocenters. The summed E-state index contributed by atoms with van der Waals surface area (Å²) in [7, 11) is -4.17. The highest BCUT2D eigenvalue weighted by Gasteiger charge is 2.73. The average molecular weight is 595 g/mol. The number of benzene rings is 1. The van der Waals surface area contributed by atoms with Crippen molar-refractivity contribution in [1.82, 2.24) is 15.1 Å². The van der Waals surface area contributed by atoms with Gasteiger partial charge in [-0.2, -0.15) is 0 Å². The molecule has 3 amide bonds. The maximum atomic E-state index is 13.4. The Morgan fingerprint density at radius 1 is 1.05 bits per heavy atom. The third kappa shape index (κ3) is 4.08. The number of amides is 3. The molecular formula is C25H30N4O9S2. The largest absolute Gasteiger partial charge is 0.426 e. The number of carbonyl (C=O) groups is 5. The molecule has 3 N–H and O–H groups in total. The molecule has 216 valence electrons. The summed E-state index contributed by atoms with van der Waals surface area (Å²) in [5.41, 5.74) is 6.46. The maximum absolute atomic E-state index is 13.4. The highest BCUT2D eigenvalue weighted by Crippen LogP contribution is 2.51. The van der Waals surface area contributed by atoms with Gasteiger partial charge >= 0.3 is 11.9 Å². The van der Waals surface area contributed by atoms with E-state index in [2.05, 4.69) is 5.32 Å². The van der Waals surface area contributed by atoms with E-state index < -0.39 is 79.4 Å². The van der Waals surface area contributed by atoms with Gasteiger partial charge in [0.2, 0.25) is 24.5 Å². The topological polar surface area (TPSA) is 182 Å². The molecule has 0 bridgehead atoms. The van der Waals surface area contributed by atoms with Crippen LogP contribution in [0, 0.1) is 0 Å². The number of nitrogens with zero attached hydrogens (tertiary/aromatic N) is 2. The Kier molecular flexibility index (Phi) is 6.70. The van der Waals surface area contributed by atoms with Crippen molar-refractivity contribution in [3.63, 3.8) is 0 Å². The van der Waals surface area contributed by atoms with Crippen LogP contribution in [0.5, 0.6) is 0 Å². The van der Waals surface area contributed by atoms with Crippen LogP contribution in [0.1, 0.15) is 45.7 Å². The van der Waals surface area contributed by atoms with Crippen molar-refractivity contribution in [3.05, 3.63) is 35.9 Å². The fraction of sp³-hybridized carbons (Fsp3) is 0.560. The number of thioether (sulfide) groups is 1. The van der Waals surface area contributed by atoms with Gasteiger partial charge in [-0.05, 0) is 33.3 Å². The predicted octanol–water partition coefficient (Wildman–Crippen LogP) is -0.589. The van der Waals surface area contributed by atoms with E-state index in [1.807, 2.05) is 13.8 Å². The molecule has 1 aromatic rings. The number of esters is 2. The van der Waals surface area contributed by atoms with Crippen molar-refractivity contribution in [2.75, 3.05) is 6.79 Å². The monoisotopic (exact) mass is 594 g/mol. The standard InChI is InChI=1S/C25H30N4O9S2/c1-24(2)17(28-13(30)10-14(28)39-24)22(33)37-11-38-23(34)18-25(3,4)40(35,36)21-16(20(32)29(18)21)27-19(31)15(26)12-8-6-5-7-9-12/h5-9,14-18,21H,10-11,26H2,1-4H3,(H,27,31)/t14-,15+,16+,17+,18-,21+/m1/s1. The second-order valence-corrected chi connectivity index (χ2v) is 15.6. The lowest BCUT2D eigenvalue weighted by Crippen LogP contribution is -2.72. The van der Waals surface area contributed by atoms with Crippen molar-refractivity contribution in [2.24, 2.45) is 5.73 Å². The zero-order chi connectivity index (χ0) is 29.4. The molecule has 4 heterocycles. The average Bonchev–Trinajstić information content (AvgIpc) is 3.19. The second-order valence-electron chi connectivity index (χ2n) is 11.2. The number of fused-ring (bicyclic) bond motifs is 2. The van der Waals surface area contributed by atoms with Crippen molar-refractivity contribution in [1.29, 1.82) is 0 Å². The first-order valence-electron chi connectivity index (χ1n) is 12.6. The van der Waals surface area contributed by atoms with Gasteiger partial charge in [-0.3, -0.25) is 14.4 Å². The lowest BCUT2D eigenvalue weighted by Gasteiger charge is -2.43. The minimum absolute atomic E-state index is 0.114. The molecule has 13 nitrogen and oxygen atoms in total. The van der Waals surface area contributed by atoms with E-state index in [1.165, 1.54) is 30.5 Å². The van der Waals surface area contributed by atoms with Gasteiger partial charge in [0, 0.05) is 4.75 Å². The lowest BCUT2D eigenvalue weighted by molar-refractivity contribution is -0.181. The fourth-order valence-electron chi connectivity index (χ4n) is 5.74. The number of nitrogens with two attached hydrogens (primary N) is 1. The summed E-state index contributed by atoms with van der Waals surface area (Å²) in [5.74, 6) is -3.53. The molecule has 1 aromatic carbocycles. The number of rotatable bonds is 7. The molecule has 0 unspecified atom stereocenters. The van der Waals surface area contributed by atoms with Gasteiger partial charge in [0.05, 0.1) is 11.8 Å². The molecule has 40 heavy (non-hydrogen) atoms. The first-order valence-corrected chi connectivity index (χ1v) is 15.0. The van der Waals surface area contributed by atoms with Crippen molar-refractivity contribution < 1.29 is 41.9 Å². The van der Waals surface area contributed by atoms with E-state index in [4.69, 9.17) is 15.2 Å². The number of hydrogen-bond acceptors (Lipinski definition) is 11. The van der Waals surface area contributed by atoms with Crippen LogP contribution in [0.4, 0.5) is 0 Å². The van der Waals surface area contributed by atoms with Crippen LogP contribution in [0.15, 0.2) is 30.3 Å². The first kappa shape index (κ1) is 28.4. The molecule has 4 aliphatic heterocycles. The summed E-state index contributed by atoms with van der Waals surface area (Å²) < 4.78 is 34.7. The summed E-state index contributed by atoms with van der Waals surface area (Å²) in [6, 6.07) is 3.40. The van der Waals surface area contributed by atoms with Crippen molar-refractivity contribution >= 4 is 51.3 Å². The van der Waals surface area contributed by atoms with E-state index in [9.17, 15) is 32.4 Å². The summed E-state index contributed by atoms with van der Waals surface area (Å²) in [6.07, 6.45) is 0.336. The van der Waals surface area contributed by atoms with Crippen LogP contribution < -0.4 is 11.1 Å². The molecule has 5 rings (SSSR count). The number of β-lactam (4-membered cyclic amide) rings is 2. The smallest absolute Gasteiger partial charge is 0.333 e. The lowest BCUT2D eigenvalue weighted by atomic mass is 9.95. The SMILES string of the molecule is CC1(C)S[C@@H]2CC(=O)N2[C@H]1C(=O)OCOC(=O)[C@H]1N2C(=O)[C@H](NC(=O)[C@@H](N)c3ccccc3)[C@@H]2S(=O)(=O)C1(C)C. The van der Waals surface area contributed by atoms with Gasteiger partial charge in [-0.1, -0.05) is 30.3 Å². The normalized spacial score (nSPS) is 31.3. The van der Waals surface area contributed by atoms with Crippen molar-refractivity contribution in [2.45, 2.75) is 78.5 Å². The number of sulfone groups is 1. The number of ether oxygens (including phenoxy) is 2. The van der Waals surface area contributed by atoms with E-state index in [-0.39, 0.29) is 11.3 Å². The molecule has 0 aromatic heterocycles. The van der Waals surface area contributed by atoms with Crippen LogP contribution in [0.2, 0.25) is 0 Å². The zero-order valence-electron chi connectivity index (χ0n) is 22.2. The zero-order valence-corrected chi connectivity index (χ0v) is 23.9. The molecule has 0 aliphatic carbocycles. The van der Waals surface area contributed by atoms with Gasteiger partial charge in [0.15, 0.2) is 15.2 Å². The fourth-order valence-corrected chi connectivity index (χ4v) is 9.57. The Hall–Kier alpha value is -3.17. The van der Waals surface area contributed by atoms with Crippen LogP contribution >= 0.6 is 11.8 Å². The highest BCUT2D eigenvalue weighted by molar-refractivity contribution is 8.01. The van der Waals surface area contributed by atoms with E-state index in [0.29, 0.717) is 12.0 Å². The van der Waals surface area contributed by atoms with E-state index in [0.717, 1.165) is 4.90 Å². The second kappa shape index (κ2) is 9.45. The molecule has 0 spiro atoms. The Bertz CT molecular complexity index is 1400. The minimum Gasteiger partial charge on any atom is -0.426 e. The third-order valence-electron chi connectivity index (χ3n) is 7.98. The number of nitrogens with one attached hydrogen (secondary N) is 1.